The fraction of sp³-hybridized carbons (Fsp3) is 0.143. The van der Waals surface area contributed by atoms with Gasteiger partial charge in [-0.05, 0) is 22.6 Å². The van der Waals surface area contributed by atoms with Crippen LogP contribution in [0.2, 0.25) is 0 Å². The summed E-state index contributed by atoms with van der Waals surface area (Å²) >= 11 is 1.54. The van der Waals surface area contributed by atoms with Gasteiger partial charge in [0.25, 0.3) is 0 Å². The Morgan fingerprint density at radius 2 is 1.83 bits per heavy atom. The van der Waals surface area contributed by atoms with Crippen molar-refractivity contribution in [3.05, 3.63) is 27.1 Å². The van der Waals surface area contributed by atoms with E-state index in [0.717, 1.165) is 6.07 Å². The first kappa shape index (κ1) is 9.63. The van der Waals surface area contributed by atoms with Crippen molar-refractivity contribution >= 4 is 22.6 Å². The second-order valence-corrected chi connectivity index (χ2v) is 3.08. The van der Waals surface area contributed by atoms with Gasteiger partial charge in [-0.15, -0.1) is 0 Å². The smallest absolute Gasteiger partial charge is 0.195 e. The first-order chi connectivity index (χ1) is 5.57. The van der Waals surface area contributed by atoms with E-state index >= 15 is 0 Å². The fourth-order valence-corrected chi connectivity index (χ4v) is 1.31. The van der Waals surface area contributed by atoms with Gasteiger partial charge in [0.1, 0.15) is 5.75 Å². The quantitative estimate of drug-likeness (QED) is 0.438. The first-order valence-electron chi connectivity index (χ1n) is 2.95. The van der Waals surface area contributed by atoms with E-state index in [1.165, 1.54) is 7.11 Å². The molecule has 0 unspecified atom stereocenters. The number of hydrogen-bond acceptors (Lipinski definition) is 1. The van der Waals surface area contributed by atoms with Crippen LogP contribution in [0.1, 0.15) is 0 Å². The largest absolute Gasteiger partial charge is 0.495 e. The Hall–Kier alpha value is -0.460. The average molecular weight is 288 g/mol. The second-order valence-electron chi connectivity index (χ2n) is 2.00. The van der Waals surface area contributed by atoms with Crippen LogP contribution in [0.5, 0.6) is 5.75 Å². The number of hydrogen-bond donors (Lipinski definition) is 0. The van der Waals surface area contributed by atoms with Crippen molar-refractivity contribution in [1.82, 2.24) is 0 Å². The van der Waals surface area contributed by atoms with E-state index in [0.29, 0.717) is 0 Å². The minimum atomic E-state index is -1.47. The van der Waals surface area contributed by atoms with E-state index < -0.39 is 17.5 Å². The Balaban J connectivity index is 3.39. The van der Waals surface area contributed by atoms with Crippen LogP contribution in [0.3, 0.4) is 0 Å². The van der Waals surface area contributed by atoms with Crippen molar-refractivity contribution in [2.24, 2.45) is 0 Å². The third-order valence-electron chi connectivity index (χ3n) is 1.29. The zero-order valence-electron chi connectivity index (χ0n) is 6.00. The topological polar surface area (TPSA) is 9.23 Å². The summed E-state index contributed by atoms with van der Waals surface area (Å²) in [5.74, 6) is -3.94. The highest BCUT2D eigenvalue weighted by Gasteiger charge is 2.16. The molecule has 0 amide bonds. The van der Waals surface area contributed by atoms with Crippen LogP contribution in [0.4, 0.5) is 13.2 Å². The Morgan fingerprint density at radius 3 is 2.33 bits per heavy atom. The number of halogens is 4. The molecule has 5 heteroatoms. The molecule has 0 atom stereocenters. The summed E-state index contributed by atoms with van der Waals surface area (Å²) in [4.78, 5) is 0. The highest BCUT2D eigenvalue weighted by molar-refractivity contribution is 14.1. The van der Waals surface area contributed by atoms with Gasteiger partial charge in [0.05, 0.1) is 10.7 Å². The number of ether oxygens (including phenoxy) is 1. The molecule has 0 N–H and O–H groups in total. The molecule has 0 heterocycles. The van der Waals surface area contributed by atoms with Crippen molar-refractivity contribution in [2.75, 3.05) is 7.11 Å². The maximum atomic E-state index is 12.7. The molecule has 0 saturated heterocycles. The van der Waals surface area contributed by atoms with Crippen molar-refractivity contribution < 1.29 is 17.9 Å². The van der Waals surface area contributed by atoms with Crippen molar-refractivity contribution in [3.63, 3.8) is 0 Å². The molecule has 0 fully saturated rings. The van der Waals surface area contributed by atoms with Gasteiger partial charge in [-0.25, -0.2) is 13.2 Å². The van der Waals surface area contributed by atoms with E-state index in [2.05, 4.69) is 4.74 Å². The van der Waals surface area contributed by atoms with E-state index in [1.807, 2.05) is 0 Å². The van der Waals surface area contributed by atoms with Gasteiger partial charge in [0.2, 0.25) is 0 Å². The van der Waals surface area contributed by atoms with Crippen LogP contribution in [0, 0.1) is 21.0 Å². The zero-order chi connectivity index (χ0) is 9.30. The van der Waals surface area contributed by atoms with Crippen LogP contribution in [0.25, 0.3) is 0 Å². The van der Waals surface area contributed by atoms with Crippen molar-refractivity contribution in [2.45, 2.75) is 0 Å². The summed E-state index contributed by atoms with van der Waals surface area (Å²) in [6, 6.07) is 0.806. The van der Waals surface area contributed by atoms with E-state index in [1.54, 1.807) is 22.6 Å². The lowest BCUT2D eigenvalue weighted by molar-refractivity contribution is 0.386. The molecule has 0 spiro atoms. The molecule has 0 saturated carbocycles. The predicted octanol–water partition coefficient (Wildman–Crippen LogP) is 2.72. The van der Waals surface area contributed by atoms with Gasteiger partial charge in [-0.2, -0.15) is 0 Å². The summed E-state index contributed by atoms with van der Waals surface area (Å²) in [5.41, 5.74) is 0. The van der Waals surface area contributed by atoms with Gasteiger partial charge < -0.3 is 4.74 Å². The van der Waals surface area contributed by atoms with E-state index in [-0.39, 0.29) is 9.32 Å². The SMILES string of the molecule is COc1cc(F)c(F)c(F)c1I. The summed E-state index contributed by atoms with van der Waals surface area (Å²) in [5, 5.41) is 0. The van der Waals surface area contributed by atoms with Crippen molar-refractivity contribution in [3.8, 4) is 5.75 Å². The lowest BCUT2D eigenvalue weighted by atomic mass is 10.3. The Morgan fingerprint density at radius 1 is 1.25 bits per heavy atom. The molecule has 12 heavy (non-hydrogen) atoms. The fourth-order valence-electron chi connectivity index (χ4n) is 0.700. The van der Waals surface area contributed by atoms with Gasteiger partial charge >= 0.3 is 0 Å². The highest BCUT2D eigenvalue weighted by atomic mass is 127. The molecule has 1 aromatic carbocycles. The van der Waals surface area contributed by atoms with Gasteiger partial charge in [-0.3, -0.25) is 0 Å². The molecule has 66 valence electrons. The third-order valence-corrected chi connectivity index (χ3v) is 2.29. The summed E-state index contributed by atoms with van der Waals surface area (Å²) in [6.07, 6.45) is 0. The Labute approximate surface area is 80.7 Å². The third kappa shape index (κ3) is 1.50. The summed E-state index contributed by atoms with van der Waals surface area (Å²) < 4.78 is 42.3. The van der Waals surface area contributed by atoms with Gasteiger partial charge in [0.15, 0.2) is 17.5 Å². The van der Waals surface area contributed by atoms with E-state index in [4.69, 9.17) is 0 Å². The minimum Gasteiger partial charge on any atom is -0.495 e. The molecule has 0 aliphatic carbocycles. The standard InChI is InChI=1S/C7H4F3IO/c1-12-4-2-3(8)5(9)6(10)7(4)11/h2H,1H3. The zero-order valence-corrected chi connectivity index (χ0v) is 8.15. The Bertz CT molecular complexity index is 314. The summed E-state index contributed by atoms with van der Waals surface area (Å²) in [6.45, 7) is 0. The highest BCUT2D eigenvalue weighted by Crippen LogP contribution is 2.27. The molecular weight excluding hydrogens is 284 g/mol. The molecule has 1 nitrogen and oxygen atoms in total. The molecule has 0 aliphatic heterocycles. The van der Waals surface area contributed by atoms with Gasteiger partial charge in [-0.1, -0.05) is 0 Å². The van der Waals surface area contributed by atoms with E-state index in [9.17, 15) is 13.2 Å². The van der Waals surface area contributed by atoms with Crippen LogP contribution >= 0.6 is 22.6 Å². The first-order valence-corrected chi connectivity index (χ1v) is 4.02. The molecule has 0 aromatic heterocycles. The molecule has 0 radical (unpaired) electrons. The lowest BCUT2D eigenvalue weighted by Gasteiger charge is -2.04. The molecule has 1 rings (SSSR count). The maximum Gasteiger partial charge on any atom is 0.195 e. The lowest BCUT2D eigenvalue weighted by Crippen LogP contribution is -1.97. The molecular formula is C7H4F3IO. The Kier molecular flexibility index (Phi) is 2.81. The molecule has 0 bridgehead atoms. The predicted molar refractivity (Wildman–Crippen MR) is 45.6 cm³/mol. The monoisotopic (exact) mass is 288 g/mol. The minimum absolute atomic E-state index is 0.00741. The average Bonchev–Trinajstić information content (AvgIpc) is 2.08. The van der Waals surface area contributed by atoms with Crippen LogP contribution in [-0.2, 0) is 0 Å². The van der Waals surface area contributed by atoms with Crippen LogP contribution in [0.15, 0.2) is 6.07 Å². The normalized spacial score (nSPS) is 10.1. The van der Waals surface area contributed by atoms with Gasteiger partial charge in [0, 0.05) is 6.07 Å². The maximum absolute atomic E-state index is 12.7. The van der Waals surface area contributed by atoms with Crippen LogP contribution < -0.4 is 4.74 Å². The molecule has 1 aromatic rings. The van der Waals surface area contributed by atoms with Crippen molar-refractivity contribution in [1.29, 1.82) is 0 Å². The molecule has 0 aliphatic rings. The summed E-state index contributed by atoms with van der Waals surface area (Å²) in [7, 11) is 1.26. The number of rotatable bonds is 1. The number of benzene rings is 1. The second kappa shape index (κ2) is 3.51. The van der Waals surface area contributed by atoms with Crippen LogP contribution in [-0.4, -0.2) is 7.11 Å². The number of methoxy groups -OCH3 is 1.